The van der Waals surface area contributed by atoms with Crippen LogP contribution in [0.25, 0.3) is 0 Å². The summed E-state index contributed by atoms with van der Waals surface area (Å²) in [6, 6.07) is 3.88. The second-order valence-corrected chi connectivity index (χ2v) is 10.5. The molecule has 2 amide bonds. The maximum absolute atomic E-state index is 13.1. The number of carbonyl (C=O) groups excluding carboxylic acids is 3. The Labute approximate surface area is 219 Å². The van der Waals surface area contributed by atoms with Crippen molar-refractivity contribution >= 4 is 63.5 Å². The molecule has 4 rings (SSSR count). The van der Waals surface area contributed by atoms with E-state index in [1.165, 1.54) is 22.0 Å². The molecule has 2 aliphatic rings. The van der Waals surface area contributed by atoms with E-state index < -0.39 is 11.9 Å². The number of oxime groups is 1. The smallest absolute Gasteiger partial charge is 0.379 e. The monoisotopic (exact) mass is 550 g/mol. The maximum atomic E-state index is 13.1. The number of aromatic nitrogens is 2. The number of nitrogens with one attached hydrogen (secondary N) is 2. The molecule has 1 atom stereocenters. The van der Waals surface area contributed by atoms with E-state index in [0.717, 1.165) is 21.8 Å². The highest BCUT2D eigenvalue weighted by Crippen LogP contribution is 2.41. The number of anilines is 1. The van der Waals surface area contributed by atoms with Gasteiger partial charge in [-0.25, -0.2) is 9.78 Å². The van der Waals surface area contributed by atoms with Crippen molar-refractivity contribution in [1.29, 1.82) is 0 Å². The average molecular weight is 551 g/mol. The van der Waals surface area contributed by atoms with Gasteiger partial charge in [0.2, 0.25) is 18.3 Å². The van der Waals surface area contributed by atoms with Crippen molar-refractivity contribution in [2.45, 2.75) is 23.6 Å². The van der Waals surface area contributed by atoms with Gasteiger partial charge in [0.1, 0.15) is 18.0 Å². The summed E-state index contributed by atoms with van der Waals surface area (Å²) in [4.78, 5) is 54.8. The third-order valence-corrected chi connectivity index (χ3v) is 8.15. The summed E-state index contributed by atoms with van der Waals surface area (Å²) in [7, 11) is 1.81. The van der Waals surface area contributed by atoms with Crippen LogP contribution >= 0.6 is 34.9 Å². The van der Waals surface area contributed by atoms with Crippen molar-refractivity contribution in [3.63, 3.8) is 0 Å². The second kappa shape index (κ2) is 11.6. The number of nitrogen functional groups attached to an aromatic ring is 1. The van der Waals surface area contributed by atoms with Gasteiger partial charge < -0.3 is 15.4 Å². The van der Waals surface area contributed by atoms with Crippen LogP contribution in [-0.4, -0.2) is 63.9 Å². The van der Waals surface area contributed by atoms with Crippen molar-refractivity contribution in [3.8, 4) is 0 Å². The van der Waals surface area contributed by atoms with E-state index in [-0.39, 0.29) is 40.1 Å². The van der Waals surface area contributed by atoms with Crippen molar-refractivity contribution in [3.05, 3.63) is 46.9 Å². The summed E-state index contributed by atoms with van der Waals surface area (Å²) in [5, 5.41) is 5.43. The molecule has 0 aromatic carbocycles. The van der Waals surface area contributed by atoms with Crippen LogP contribution in [0.15, 0.2) is 51.2 Å². The van der Waals surface area contributed by atoms with Gasteiger partial charge in [-0.05, 0) is 12.5 Å². The number of hydroxylamine groups is 1. The molecule has 4 heterocycles. The minimum absolute atomic E-state index is 0.121. The summed E-state index contributed by atoms with van der Waals surface area (Å²) in [5.41, 5.74) is 11.6. The molecule has 36 heavy (non-hydrogen) atoms. The molecule has 0 saturated carbocycles. The van der Waals surface area contributed by atoms with Crippen molar-refractivity contribution in [1.82, 2.24) is 15.4 Å². The van der Waals surface area contributed by atoms with Crippen LogP contribution in [0.2, 0.25) is 0 Å². The summed E-state index contributed by atoms with van der Waals surface area (Å²) in [5.74, 6) is -0.789. The minimum Gasteiger partial charge on any atom is -0.395 e. The highest BCUT2D eigenvalue weighted by Gasteiger charge is 2.46. The molecule has 0 bridgehead atoms. The van der Waals surface area contributed by atoms with Gasteiger partial charge in [0, 0.05) is 33.9 Å². The quantitative estimate of drug-likeness (QED) is 0.135. The number of nitrogens with two attached hydrogens (primary N) is 1. The van der Waals surface area contributed by atoms with Crippen LogP contribution in [-0.2, 0) is 24.1 Å². The van der Waals surface area contributed by atoms with E-state index in [1.54, 1.807) is 23.4 Å². The first kappa shape index (κ1) is 25.8. The van der Waals surface area contributed by atoms with Crippen molar-refractivity contribution < 1.29 is 28.7 Å². The van der Waals surface area contributed by atoms with Crippen LogP contribution in [0.4, 0.5) is 5.13 Å². The fourth-order valence-corrected chi connectivity index (χ4v) is 6.16. The Morgan fingerprint density at radius 1 is 1.39 bits per heavy atom. The first-order valence-corrected chi connectivity index (χ1v) is 13.7. The molecule has 15 heteroatoms. The number of rotatable bonds is 9. The summed E-state index contributed by atoms with van der Waals surface area (Å²) < 4.78 is 1.80. The molecule has 2 aromatic heterocycles. The topological polar surface area (TPSA) is 152 Å². The van der Waals surface area contributed by atoms with Gasteiger partial charge in [0.05, 0.1) is 18.8 Å². The summed E-state index contributed by atoms with van der Waals surface area (Å²) in [6.07, 6.45) is 4.11. The zero-order valence-electron chi connectivity index (χ0n) is 19.4. The average Bonchev–Trinajstić information content (AvgIpc) is 3.31. The molecule has 12 nitrogen and oxygen atoms in total. The molecule has 0 radical (unpaired) electrons. The third-order valence-electron chi connectivity index (χ3n) is 5.10. The fourth-order valence-electron chi connectivity index (χ4n) is 3.33. The highest BCUT2D eigenvalue weighted by atomic mass is 32.2. The zero-order chi connectivity index (χ0) is 25.7. The molecule has 0 spiro atoms. The first-order valence-electron chi connectivity index (χ1n) is 10.8. The molecule has 190 valence electrons. The SMILES string of the molecule is CCO/N=C(\C(=O)NOC(=O)C1=C(CSc2cc[n+](NC)cc2)CS[C@H]2CC(=O)N12)c1csc(N)n1. The van der Waals surface area contributed by atoms with Crippen LogP contribution in [0.1, 0.15) is 19.0 Å². The van der Waals surface area contributed by atoms with Gasteiger partial charge in [-0.3, -0.25) is 14.5 Å². The molecular formula is C21H24N7O5S3+. The Balaban J connectivity index is 1.48. The van der Waals surface area contributed by atoms with E-state index >= 15 is 0 Å². The molecular weight excluding hydrogens is 526 g/mol. The van der Waals surface area contributed by atoms with Crippen LogP contribution < -0.4 is 21.3 Å². The summed E-state index contributed by atoms with van der Waals surface area (Å²) in [6.45, 7) is 1.92. The van der Waals surface area contributed by atoms with Gasteiger partial charge in [-0.15, -0.1) is 34.9 Å². The molecule has 0 unspecified atom stereocenters. The largest absolute Gasteiger partial charge is 0.395 e. The number of hydrogen-bond acceptors (Lipinski definition) is 12. The van der Waals surface area contributed by atoms with Crippen LogP contribution in [0.3, 0.4) is 0 Å². The van der Waals surface area contributed by atoms with E-state index in [9.17, 15) is 14.4 Å². The number of thioether (sulfide) groups is 2. The molecule has 2 aromatic rings. The predicted octanol–water partition coefficient (Wildman–Crippen LogP) is 0.853. The van der Waals surface area contributed by atoms with Crippen molar-refractivity contribution in [2.24, 2.45) is 5.16 Å². The Morgan fingerprint density at radius 3 is 2.81 bits per heavy atom. The van der Waals surface area contributed by atoms with E-state index in [4.69, 9.17) is 15.4 Å². The van der Waals surface area contributed by atoms with E-state index in [1.807, 2.05) is 31.6 Å². The molecule has 1 fully saturated rings. The Bertz CT molecular complexity index is 1210. The maximum Gasteiger partial charge on any atom is 0.379 e. The highest BCUT2D eigenvalue weighted by molar-refractivity contribution is 8.01. The molecule has 2 aliphatic heterocycles. The Hall–Kier alpha value is -3.30. The van der Waals surface area contributed by atoms with E-state index in [2.05, 4.69) is 21.0 Å². The van der Waals surface area contributed by atoms with Gasteiger partial charge in [-0.2, -0.15) is 10.9 Å². The van der Waals surface area contributed by atoms with Gasteiger partial charge >= 0.3 is 11.9 Å². The van der Waals surface area contributed by atoms with Crippen LogP contribution in [0, 0.1) is 0 Å². The van der Waals surface area contributed by atoms with Gasteiger partial charge in [-0.1, -0.05) is 9.83 Å². The van der Waals surface area contributed by atoms with E-state index in [0.29, 0.717) is 17.9 Å². The molecule has 1 saturated heterocycles. The Morgan fingerprint density at radius 2 is 2.17 bits per heavy atom. The second-order valence-electron chi connectivity index (χ2n) is 7.39. The van der Waals surface area contributed by atoms with Crippen LogP contribution in [0.5, 0.6) is 0 Å². The third kappa shape index (κ3) is 5.74. The van der Waals surface area contributed by atoms with Gasteiger partial charge in [0.25, 0.3) is 0 Å². The number of thiazole rings is 1. The Kier molecular flexibility index (Phi) is 8.32. The number of fused-ring (bicyclic) bond motifs is 1. The number of carbonyl (C=O) groups is 3. The number of β-lactam (4-membered cyclic amide) rings is 1. The van der Waals surface area contributed by atoms with Gasteiger partial charge in [0.15, 0.2) is 10.8 Å². The predicted molar refractivity (Wildman–Crippen MR) is 136 cm³/mol. The lowest BCUT2D eigenvalue weighted by Crippen LogP contribution is -2.54. The lowest BCUT2D eigenvalue weighted by Gasteiger charge is -2.44. The molecule has 4 N–H and O–H groups in total. The number of nitrogens with zero attached hydrogens (tertiary/aromatic N) is 4. The number of hydrogen-bond donors (Lipinski definition) is 3. The summed E-state index contributed by atoms with van der Waals surface area (Å²) >= 11 is 4.26. The fraction of sp³-hybridized carbons (Fsp3) is 0.333. The number of pyridine rings is 1. The lowest BCUT2D eigenvalue weighted by atomic mass is 10.1. The molecule has 0 aliphatic carbocycles. The zero-order valence-corrected chi connectivity index (χ0v) is 21.9. The minimum atomic E-state index is -0.836. The number of amides is 2. The van der Waals surface area contributed by atoms with Crippen molar-refractivity contribution in [2.75, 3.05) is 36.3 Å². The first-order chi connectivity index (χ1) is 17.4. The normalized spacial score (nSPS) is 17.3. The lowest BCUT2D eigenvalue weighted by molar-refractivity contribution is -0.647. The standard InChI is InChI=1S/C21H23N7O5S3/c1-3-32-25-17(14-11-36-21(22)24-14)19(30)26-33-20(31)18-12(10-35-16-8-15(29)28(16)18)9-34-13-4-6-27(23-2)7-5-13/h4-7,11,16,23H,3,8-10H2,1-2H3,(H2-,22,24,26,30)/p+1/b25-17-/t16-/m0/s1.